The quantitative estimate of drug-likeness (QED) is 0.809. The Morgan fingerprint density at radius 3 is 2.67 bits per heavy atom. The number of anilines is 1. The van der Waals surface area contributed by atoms with Crippen LogP contribution in [0.25, 0.3) is 0 Å². The van der Waals surface area contributed by atoms with E-state index in [9.17, 15) is 14.0 Å². The first-order chi connectivity index (χ1) is 11.5. The molecule has 0 fully saturated rings. The minimum absolute atomic E-state index is 0.120. The number of halogens is 2. The Hall–Kier alpha value is -2.54. The lowest BCUT2D eigenvalue weighted by atomic mass is 10.1. The topological polar surface area (TPSA) is 67.8 Å². The van der Waals surface area contributed by atoms with E-state index in [2.05, 4.69) is 26.2 Å². The number of rotatable bonds is 3. The molecule has 5 nitrogen and oxygen atoms in total. The van der Waals surface area contributed by atoms with Crippen molar-refractivity contribution in [1.82, 2.24) is 0 Å². The van der Waals surface area contributed by atoms with Crippen LogP contribution in [-0.2, 0) is 9.53 Å². The Kier molecular flexibility index (Phi) is 4.44. The minimum Gasteiger partial charge on any atom is -0.462 e. The number of hydrogen-bond donors (Lipinski definition) is 1. The Morgan fingerprint density at radius 1 is 1.29 bits per heavy atom. The molecule has 24 heavy (non-hydrogen) atoms. The summed E-state index contributed by atoms with van der Waals surface area (Å²) >= 11 is 3.22. The lowest BCUT2D eigenvalue weighted by molar-refractivity contribution is -0.110. The van der Waals surface area contributed by atoms with Crippen molar-refractivity contribution in [2.45, 2.75) is 6.92 Å². The van der Waals surface area contributed by atoms with Gasteiger partial charge < -0.3 is 10.1 Å². The SMILES string of the molecule is CCOC(=O)c1ccc(N=C2C(=O)Nc3c(Br)cc(F)cc32)cc1. The van der Waals surface area contributed by atoms with Crippen LogP contribution < -0.4 is 5.32 Å². The lowest BCUT2D eigenvalue weighted by Gasteiger charge is -2.03. The summed E-state index contributed by atoms with van der Waals surface area (Å²) in [5.74, 6) is -1.31. The third-order valence-electron chi connectivity index (χ3n) is 3.38. The van der Waals surface area contributed by atoms with E-state index in [0.29, 0.717) is 33.6 Å². The zero-order valence-corrected chi connectivity index (χ0v) is 14.2. The van der Waals surface area contributed by atoms with Crippen molar-refractivity contribution in [1.29, 1.82) is 0 Å². The van der Waals surface area contributed by atoms with Gasteiger partial charge in [0.15, 0.2) is 0 Å². The number of amides is 1. The molecule has 0 unspecified atom stereocenters. The van der Waals surface area contributed by atoms with E-state index in [1.54, 1.807) is 31.2 Å². The van der Waals surface area contributed by atoms with Gasteiger partial charge in [-0.05, 0) is 59.3 Å². The first kappa shape index (κ1) is 16.3. The molecular weight excluding hydrogens is 379 g/mol. The molecule has 0 spiro atoms. The number of fused-ring (bicyclic) bond motifs is 1. The van der Waals surface area contributed by atoms with E-state index < -0.39 is 17.7 Å². The monoisotopic (exact) mass is 390 g/mol. The summed E-state index contributed by atoms with van der Waals surface area (Å²) in [6.07, 6.45) is 0. The molecule has 0 saturated heterocycles. The van der Waals surface area contributed by atoms with E-state index in [4.69, 9.17) is 4.74 Å². The number of nitrogens with one attached hydrogen (secondary N) is 1. The molecule has 1 N–H and O–H groups in total. The van der Waals surface area contributed by atoms with Crippen LogP contribution in [-0.4, -0.2) is 24.2 Å². The molecule has 7 heteroatoms. The van der Waals surface area contributed by atoms with Crippen molar-refractivity contribution in [2.24, 2.45) is 4.99 Å². The highest BCUT2D eigenvalue weighted by molar-refractivity contribution is 9.10. The highest BCUT2D eigenvalue weighted by Gasteiger charge is 2.28. The van der Waals surface area contributed by atoms with Gasteiger partial charge in [-0.2, -0.15) is 0 Å². The zero-order valence-electron chi connectivity index (χ0n) is 12.6. The molecule has 1 heterocycles. The summed E-state index contributed by atoms with van der Waals surface area (Å²) < 4.78 is 19.0. The maximum Gasteiger partial charge on any atom is 0.338 e. The molecule has 1 aliphatic heterocycles. The molecule has 1 amide bonds. The highest BCUT2D eigenvalue weighted by atomic mass is 79.9. The summed E-state index contributed by atoms with van der Waals surface area (Å²) in [5, 5.41) is 2.65. The molecule has 0 atom stereocenters. The molecule has 0 aliphatic carbocycles. The number of benzene rings is 2. The fourth-order valence-electron chi connectivity index (χ4n) is 2.31. The lowest BCUT2D eigenvalue weighted by Crippen LogP contribution is -2.14. The second-order valence-electron chi connectivity index (χ2n) is 4.99. The van der Waals surface area contributed by atoms with Crippen LogP contribution in [0, 0.1) is 5.82 Å². The molecule has 1 aliphatic rings. The maximum atomic E-state index is 13.6. The number of carbonyl (C=O) groups is 2. The Bertz CT molecular complexity index is 863. The predicted molar refractivity (Wildman–Crippen MR) is 91.3 cm³/mol. The van der Waals surface area contributed by atoms with E-state index in [-0.39, 0.29) is 5.71 Å². The number of carbonyl (C=O) groups excluding carboxylic acids is 2. The van der Waals surface area contributed by atoms with Crippen molar-refractivity contribution in [3.05, 3.63) is 57.8 Å². The van der Waals surface area contributed by atoms with Gasteiger partial charge in [0.25, 0.3) is 5.91 Å². The number of nitrogens with zero attached hydrogens (tertiary/aromatic N) is 1. The molecule has 2 aromatic carbocycles. The zero-order chi connectivity index (χ0) is 17.3. The van der Waals surface area contributed by atoms with Gasteiger partial charge in [-0.15, -0.1) is 0 Å². The molecule has 3 rings (SSSR count). The number of hydrogen-bond acceptors (Lipinski definition) is 4. The Labute approximate surface area is 145 Å². The van der Waals surface area contributed by atoms with Crippen LogP contribution in [0.1, 0.15) is 22.8 Å². The van der Waals surface area contributed by atoms with Crippen LogP contribution >= 0.6 is 15.9 Å². The average Bonchev–Trinajstić information content (AvgIpc) is 2.85. The van der Waals surface area contributed by atoms with Gasteiger partial charge in [0, 0.05) is 10.0 Å². The van der Waals surface area contributed by atoms with Gasteiger partial charge in [0.05, 0.1) is 23.5 Å². The van der Waals surface area contributed by atoms with Gasteiger partial charge in [0.1, 0.15) is 11.5 Å². The summed E-state index contributed by atoms with van der Waals surface area (Å²) in [6, 6.07) is 8.84. The fraction of sp³-hybridized carbons (Fsp3) is 0.118. The first-order valence-electron chi connectivity index (χ1n) is 7.16. The van der Waals surface area contributed by atoms with Crippen LogP contribution in [0.15, 0.2) is 45.9 Å². The molecule has 122 valence electrons. The Morgan fingerprint density at radius 2 is 2.00 bits per heavy atom. The second-order valence-corrected chi connectivity index (χ2v) is 5.85. The summed E-state index contributed by atoms with van der Waals surface area (Å²) in [4.78, 5) is 28.0. The minimum atomic E-state index is -0.470. The maximum absolute atomic E-state index is 13.6. The molecular formula is C17H12BrFN2O3. The van der Waals surface area contributed by atoms with E-state index in [1.807, 2.05) is 0 Å². The summed E-state index contributed by atoms with van der Waals surface area (Å²) in [7, 11) is 0. The first-order valence-corrected chi connectivity index (χ1v) is 7.95. The van der Waals surface area contributed by atoms with Gasteiger partial charge in [-0.1, -0.05) is 0 Å². The second kappa shape index (κ2) is 6.52. The van der Waals surface area contributed by atoms with E-state index in [0.717, 1.165) is 0 Å². The van der Waals surface area contributed by atoms with Crippen LogP contribution in [0.4, 0.5) is 15.8 Å². The van der Waals surface area contributed by atoms with Crippen molar-refractivity contribution in [2.75, 3.05) is 11.9 Å². The normalized spacial score (nSPS) is 14.5. The van der Waals surface area contributed by atoms with Crippen LogP contribution in [0.3, 0.4) is 0 Å². The van der Waals surface area contributed by atoms with Gasteiger partial charge in [-0.25, -0.2) is 14.2 Å². The standard InChI is InChI=1S/C17H12BrFN2O3/c1-2-24-17(23)9-3-5-11(6-4-9)20-15-12-7-10(19)8-13(18)14(12)21-16(15)22/h3-8H,2H2,1H3,(H,20,21,22). The summed E-state index contributed by atoms with van der Waals surface area (Å²) in [5.41, 5.74) is 1.87. The Balaban J connectivity index is 1.95. The van der Waals surface area contributed by atoms with Crippen molar-refractivity contribution < 1.29 is 18.7 Å². The molecule has 0 aromatic heterocycles. The third kappa shape index (κ3) is 3.07. The van der Waals surface area contributed by atoms with Crippen molar-refractivity contribution >= 4 is 44.9 Å². The highest BCUT2D eigenvalue weighted by Crippen LogP contribution is 2.33. The van der Waals surface area contributed by atoms with Crippen molar-refractivity contribution in [3.8, 4) is 0 Å². The predicted octanol–water partition coefficient (Wildman–Crippen LogP) is 3.84. The largest absolute Gasteiger partial charge is 0.462 e. The molecule has 0 radical (unpaired) electrons. The third-order valence-corrected chi connectivity index (χ3v) is 4.01. The number of aliphatic imine (C=N–C) groups is 1. The molecule has 0 saturated carbocycles. The van der Waals surface area contributed by atoms with Gasteiger partial charge in [0.2, 0.25) is 0 Å². The molecule has 0 bridgehead atoms. The number of ether oxygens (including phenoxy) is 1. The smallest absolute Gasteiger partial charge is 0.338 e. The van der Waals surface area contributed by atoms with Crippen LogP contribution in [0.5, 0.6) is 0 Å². The fourth-order valence-corrected chi connectivity index (χ4v) is 2.84. The van der Waals surface area contributed by atoms with Crippen LogP contribution in [0.2, 0.25) is 0 Å². The average molecular weight is 391 g/mol. The van der Waals surface area contributed by atoms with Gasteiger partial charge in [-0.3, -0.25) is 4.79 Å². The van der Waals surface area contributed by atoms with Crippen molar-refractivity contribution in [3.63, 3.8) is 0 Å². The number of esters is 1. The van der Waals surface area contributed by atoms with E-state index in [1.165, 1.54) is 12.1 Å². The summed E-state index contributed by atoms with van der Waals surface area (Å²) in [6.45, 7) is 2.02. The van der Waals surface area contributed by atoms with Gasteiger partial charge >= 0.3 is 5.97 Å². The molecule has 2 aromatic rings. The van der Waals surface area contributed by atoms with E-state index >= 15 is 0 Å².